The predicted octanol–water partition coefficient (Wildman–Crippen LogP) is 3.10. The molecule has 1 aromatic heterocycles. The summed E-state index contributed by atoms with van der Waals surface area (Å²) in [6, 6.07) is 10.3. The minimum absolute atomic E-state index is 0.0716. The molecule has 0 bridgehead atoms. The highest BCUT2D eigenvalue weighted by molar-refractivity contribution is 5.89. The van der Waals surface area contributed by atoms with Gasteiger partial charge >= 0.3 is 6.03 Å². The fourth-order valence-electron chi connectivity index (χ4n) is 3.18. The number of hydrogen-bond donors (Lipinski definition) is 1. The lowest BCUT2D eigenvalue weighted by atomic mass is 10.3. The van der Waals surface area contributed by atoms with Crippen molar-refractivity contribution in [2.24, 2.45) is 0 Å². The van der Waals surface area contributed by atoms with Crippen LogP contribution in [0.25, 0.3) is 0 Å². The summed E-state index contributed by atoms with van der Waals surface area (Å²) in [5.74, 6) is 1.42. The Morgan fingerprint density at radius 2 is 1.76 bits per heavy atom. The number of benzene rings is 1. The van der Waals surface area contributed by atoms with E-state index in [0.717, 1.165) is 31.9 Å². The number of nitrogens with zero attached hydrogens (tertiary/aromatic N) is 4. The lowest BCUT2D eigenvalue weighted by molar-refractivity contribution is 0.215. The third kappa shape index (κ3) is 3.90. The van der Waals surface area contributed by atoms with Crippen LogP contribution in [0.3, 0.4) is 0 Å². The smallest absolute Gasteiger partial charge is 0.321 e. The molecule has 2 aliphatic rings. The van der Waals surface area contributed by atoms with Crippen molar-refractivity contribution in [3.05, 3.63) is 48.5 Å². The van der Waals surface area contributed by atoms with Crippen LogP contribution in [-0.2, 0) is 0 Å². The Labute approximate surface area is 147 Å². The molecule has 25 heavy (non-hydrogen) atoms. The van der Waals surface area contributed by atoms with Gasteiger partial charge in [-0.2, -0.15) is 0 Å². The maximum absolute atomic E-state index is 12.5. The van der Waals surface area contributed by atoms with Crippen molar-refractivity contribution in [2.75, 3.05) is 36.4 Å². The fourth-order valence-corrected chi connectivity index (χ4v) is 3.18. The molecule has 130 valence electrons. The number of para-hydroxylation sites is 1. The average Bonchev–Trinajstić information content (AvgIpc) is 3.50. The standard InChI is InChI=1S/C19H23N5O/c25-19(22-16-13-20-18(21-14-16)15-7-8-15)24-10-4-9-23(11-12-24)17-5-2-1-3-6-17/h1-3,5-6,13-15H,4,7-12H2,(H,22,25). The normalized spacial score (nSPS) is 17.9. The van der Waals surface area contributed by atoms with Gasteiger partial charge in [0.15, 0.2) is 0 Å². The van der Waals surface area contributed by atoms with E-state index in [1.54, 1.807) is 12.4 Å². The Kier molecular flexibility index (Phi) is 4.50. The first kappa shape index (κ1) is 15.9. The Balaban J connectivity index is 1.34. The first-order valence-electron chi connectivity index (χ1n) is 8.97. The van der Waals surface area contributed by atoms with Gasteiger partial charge in [0.1, 0.15) is 5.82 Å². The summed E-state index contributed by atoms with van der Waals surface area (Å²) >= 11 is 0. The van der Waals surface area contributed by atoms with Gasteiger partial charge in [-0.25, -0.2) is 14.8 Å². The van der Waals surface area contributed by atoms with Crippen molar-refractivity contribution in [1.82, 2.24) is 14.9 Å². The Hall–Kier alpha value is -2.63. The van der Waals surface area contributed by atoms with Crippen molar-refractivity contribution in [1.29, 1.82) is 0 Å². The van der Waals surface area contributed by atoms with E-state index in [4.69, 9.17) is 0 Å². The summed E-state index contributed by atoms with van der Waals surface area (Å²) in [4.78, 5) is 25.5. The molecule has 2 amide bonds. The quantitative estimate of drug-likeness (QED) is 0.935. The fraction of sp³-hybridized carbons (Fsp3) is 0.421. The molecule has 6 heteroatoms. The van der Waals surface area contributed by atoms with Gasteiger partial charge in [0, 0.05) is 37.8 Å². The van der Waals surface area contributed by atoms with Crippen LogP contribution in [0.2, 0.25) is 0 Å². The van der Waals surface area contributed by atoms with Gasteiger partial charge in [-0.3, -0.25) is 0 Å². The van der Waals surface area contributed by atoms with E-state index >= 15 is 0 Å². The van der Waals surface area contributed by atoms with Gasteiger partial charge in [0.25, 0.3) is 0 Å². The van der Waals surface area contributed by atoms with Crippen molar-refractivity contribution in [3.63, 3.8) is 0 Å². The second-order valence-corrected chi connectivity index (χ2v) is 6.70. The second-order valence-electron chi connectivity index (χ2n) is 6.70. The van der Waals surface area contributed by atoms with Gasteiger partial charge < -0.3 is 15.1 Å². The maximum Gasteiger partial charge on any atom is 0.321 e. The van der Waals surface area contributed by atoms with Crippen molar-refractivity contribution in [3.8, 4) is 0 Å². The highest BCUT2D eigenvalue weighted by atomic mass is 16.2. The molecule has 6 nitrogen and oxygen atoms in total. The molecule has 0 unspecified atom stereocenters. The zero-order valence-corrected chi connectivity index (χ0v) is 14.3. The van der Waals surface area contributed by atoms with Gasteiger partial charge in [-0.1, -0.05) is 18.2 Å². The lowest BCUT2D eigenvalue weighted by Gasteiger charge is -2.23. The van der Waals surface area contributed by atoms with Gasteiger partial charge in [-0.15, -0.1) is 0 Å². The van der Waals surface area contributed by atoms with Crippen LogP contribution in [0.5, 0.6) is 0 Å². The molecule has 4 rings (SSSR count). The van der Waals surface area contributed by atoms with Crippen molar-refractivity contribution in [2.45, 2.75) is 25.2 Å². The average molecular weight is 337 g/mol. The van der Waals surface area contributed by atoms with E-state index in [1.807, 2.05) is 11.0 Å². The molecule has 2 aromatic rings. The number of urea groups is 1. The summed E-state index contributed by atoms with van der Waals surface area (Å²) in [7, 11) is 0. The van der Waals surface area contributed by atoms with E-state index in [2.05, 4.69) is 44.5 Å². The highest BCUT2D eigenvalue weighted by Gasteiger charge is 2.26. The van der Waals surface area contributed by atoms with Crippen molar-refractivity contribution < 1.29 is 4.79 Å². The molecule has 1 saturated carbocycles. The number of carbonyl (C=O) groups is 1. The molecule has 0 atom stereocenters. The first-order valence-corrected chi connectivity index (χ1v) is 8.97. The molecular formula is C19H23N5O. The van der Waals surface area contributed by atoms with E-state index in [9.17, 15) is 4.79 Å². The first-order chi connectivity index (χ1) is 12.3. The monoisotopic (exact) mass is 337 g/mol. The molecule has 1 saturated heterocycles. The van der Waals surface area contributed by atoms with Crippen LogP contribution in [-0.4, -0.2) is 47.1 Å². The maximum atomic E-state index is 12.5. The topological polar surface area (TPSA) is 61.4 Å². The van der Waals surface area contributed by atoms with Crippen LogP contribution >= 0.6 is 0 Å². The number of aromatic nitrogens is 2. The lowest BCUT2D eigenvalue weighted by Crippen LogP contribution is -2.38. The van der Waals surface area contributed by atoms with Crippen LogP contribution in [0.15, 0.2) is 42.7 Å². The molecule has 0 radical (unpaired) electrons. The highest BCUT2D eigenvalue weighted by Crippen LogP contribution is 2.37. The predicted molar refractivity (Wildman–Crippen MR) is 97.9 cm³/mol. The molecule has 1 aliphatic carbocycles. The van der Waals surface area contributed by atoms with Gasteiger partial charge in [-0.05, 0) is 31.4 Å². The molecule has 2 heterocycles. The largest absolute Gasteiger partial charge is 0.370 e. The molecule has 1 aromatic carbocycles. The van der Waals surface area contributed by atoms with Gasteiger partial charge in [0.05, 0.1) is 18.1 Å². The second kappa shape index (κ2) is 7.09. The third-order valence-electron chi connectivity index (χ3n) is 4.77. The summed E-state index contributed by atoms with van der Waals surface area (Å²) in [6.45, 7) is 3.28. The Bertz CT molecular complexity index is 714. The van der Waals surface area contributed by atoms with E-state index in [1.165, 1.54) is 18.5 Å². The zero-order valence-electron chi connectivity index (χ0n) is 14.3. The van der Waals surface area contributed by atoms with Gasteiger partial charge in [0.2, 0.25) is 0 Å². The summed E-state index contributed by atoms with van der Waals surface area (Å²) in [5, 5.41) is 2.92. The number of rotatable bonds is 3. The number of anilines is 2. The third-order valence-corrected chi connectivity index (χ3v) is 4.77. The van der Waals surface area contributed by atoms with E-state index < -0.39 is 0 Å². The molecule has 0 spiro atoms. The zero-order chi connectivity index (χ0) is 17.1. The van der Waals surface area contributed by atoms with Crippen LogP contribution in [0.4, 0.5) is 16.2 Å². The minimum Gasteiger partial charge on any atom is -0.370 e. The van der Waals surface area contributed by atoms with E-state index in [0.29, 0.717) is 18.2 Å². The summed E-state index contributed by atoms with van der Waals surface area (Å²) in [6.07, 6.45) is 6.74. The molecular weight excluding hydrogens is 314 g/mol. The van der Waals surface area contributed by atoms with E-state index in [-0.39, 0.29) is 6.03 Å². The molecule has 1 aliphatic heterocycles. The Morgan fingerprint density at radius 3 is 2.48 bits per heavy atom. The number of nitrogens with one attached hydrogen (secondary N) is 1. The number of amides is 2. The van der Waals surface area contributed by atoms with Crippen LogP contribution in [0, 0.1) is 0 Å². The number of carbonyl (C=O) groups excluding carboxylic acids is 1. The molecule has 2 fully saturated rings. The minimum atomic E-state index is -0.0716. The molecule has 1 N–H and O–H groups in total. The number of hydrogen-bond acceptors (Lipinski definition) is 4. The van der Waals surface area contributed by atoms with Crippen molar-refractivity contribution >= 4 is 17.4 Å². The van der Waals surface area contributed by atoms with Crippen LogP contribution in [0.1, 0.15) is 31.0 Å². The summed E-state index contributed by atoms with van der Waals surface area (Å²) < 4.78 is 0. The van der Waals surface area contributed by atoms with Crippen LogP contribution < -0.4 is 10.2 Å². The Morgan fingerprint density at radius 1 is 1.00 bits per heavy atom. The SMILES string of the molecule is O=C(Nc1cnc(C2CC2)nc1)N1CCCN(c2ccccc2)CC1. The summed E-state index contributed by atoms with van der Waals surface area (Å²) in [5.41, 5.74) is 1.88.